The van der Waals surface area contributed by atoms with E-state index in [0.717, 1.165) is 9.13 Å². The Balaban J connectivity index is 2.33. The van der Waals surface area contributed by atoms with E-state index in [0.29, 0.717) is 5.56 Å². The zero-order valence-corrected chi connectivity index (χ0v) is 14.6. The van der Waals surface area contributed by atoms with Crippen LogP contribution in [0.3, 0.4) is 0 Å². The van der Waals surface area contributed by atoms with Crippen molar-refractivity contribution in [3.63, 3.8) is 0 Å². The van der Waals surface area contributed by atoms with Gasteiger partial charge in [-0.1, -0.05) is 18.2 Å². The quantitative estimate of drug-likeness (QED) is 0.803. The number of hydrogen-bond donors (Lipinski definition) is 1. The molecule has 2 N–H and O–H groups in total. The number of nitrogens with two attached hydrogens (primary N) is 1. The number of aromatic nitrogens is 2. The number of nitrogens with zero attached hydrogens (tertiary/aromatic N) is 3. The van der Waals surface area contributed by atoms with Gasteiger partial charge in [-0.05, 0) is 20.0 Å². The van der Waals surface area contributed by atoms with E-state index in [4.69, 9.17) is 5.73 Å². The average Bonchev–Trinajstić information content (AvgIpc) is 2.58. The van der Waals surface area contributed by atoms with Crippen molar-refractivity contribution in [3.8, 4) is 0 Å². The lowest BCUT2D eigenvalue weighted by molar-refractivity contribution is 0.0921. The van der Waals surface area contributed by atoms with E-state index in [1.54, 1.807) is 37.1 Å². The number of nitrogen functional groups attached to an aromatic ring is 1. The first-order valence-electron chi connectivity index (χ1n) is 7.70. The van der Waals surface area contributed by atoms with Crippen LogP contribution in [0, 0.1) is 5.82 Å². The third-order valence-electron chi connectivity index (χ3n) is 4.40. The van der Waals surface area contributed by atoms with Crippen LogP contribution in [-0.4, -0.2) is 33.4 Å². The molecule has 2 rings (SSSR count). The van der Waals surface area contributed by atoms with E-state index >= 15 is 0 Å². The summed E-state index contributed by atoms with van der Waals surface area (Å²) in [5.41, 5.74) is 4.65. The summed E-state index contributed by atoms with van der Waals surface area (Å²) in [4.78, 5) is 38.3. The zero-order valence-electron chi connectivity index (χ0n) is 14.6. The van der Waals surface area contributed by atoms with Crippen molar-refractivity contribution in [2.24, 2.45) is 14.1 Å². The smallest absolute Gasteiger partial charge is 0.332 e. The molecule has 0 saturated heterocycles. The number of halogens is 1. The van der Waals surface area contributed by atoms with Crippen molar-refractivity contribution in [3.05, 3.63) is 62.0 Å². The maximum Gasteiger partial charge on any atom is 0.332 e. The number of likely N-dealkylation sites (N-methyl/N-ethyl adjacent to an activating group) is 1. The van der Waals surface area contributed by atoms with Gasteiger partial charge in [-0.25, -0.2) is 9.18 Å². The van der Waals surface area contributed by atoms with Gasteiger partial charge in [-0.2, -0.15) is 0 Å². The molecule has 0 fully saturated rings. The molecule has 0 amide bonds. The molecule has 8 heteroatoms. The summed E-state index contributed by atoms with van der Waals surface area (Å²) < 4.78 is 15.8. The van der Waals surface area contributed by atoms with Crippen LogP contribution in [0.1, 0.15) is 28.9 Å². The molecule has 1 atom stereocenters. The molecule has 0 radical (unpaired) electrons. The van der Waals surface area contributed by atoms with Gasteiger partial charge in [-0.3, -0.25) is 23.6 Å². The Morgan fingerprint density at radius 1 is 1.24 bits per heavy atom. The van der Waals surface area contributed by atoms with Gasteiger partial charge < -0.3 is 5.73 Å². The highest BCUT2D eigenvalue weighted by Crippen LogP contribution is 2.21. The van der Waals surface area contributed by atoms with E-state index in [-0.39, 0.29) is 29.8 Å². The first-order valence-corrected chi connectivity index (χ1v) is 7.70. The number of anilines is 1. The van der Waals surface area contributed by atoms with Crippen molar-refractivity contribution >= 4 is 11.6 Å². The number of benzene rings is 1. The van der Waals surface area contributed by atoms with Crippen LogP contribution in [0.2, 0.25) is 0 Å². The van der Waals surface area contributed by atoms with Gasteiger partial charge in [0.1, 0.15) is 17.2 Å². The molecular weight excluding hydrogens is 327 g/mol. The molecule has 2 aromatic rings. The first kappa shape index (κ1) is 18.6. The molecule has 1 heterocycles. The highest BCUT2D eigenvalue weighted by Gasteiger charge is 2.24. The van der Waals surface area contributed by atoms with Crippen molar-refractivity contribution < 1.29 is 9.18 Å². The molecule has 0 saturated carbocycles. The van der Waals surface area contributed by atoms with Gasteiger partial charge in [0.2, 0.25) is 0 Å². The molecule has 0 aliphatic rings. The van der Waals surface area contributed by atoms with Crippen LogP contribution >= 0.6 is 0 Å². The molecule has 0 aliphatic carbocycles. The van der Waals surface area contributed by atoms with Crippen molar-refractivity contribution in [1.82, 2.24) is 14.0 Å². The van der Waals surface area contributed by atoms with Crippen molar-refractivity contribution in [2.45, 2.75) is 13.0 Å². The second-order valence-corrected chi connectivity index (χ2v) is 6.00. The molecule has 134 valence electrons. The normalized spacial score (nSPS) is 12.4. The lowest BCUT2D eigenvalue weighted by Gasteiger charge is -2.25. The average molecular weight is 348 g/mol. The van der Waals surface area contributed by atoms with Gasteiger partial charge in [0.05, 0.1) is 6.54 Å². The summed E-state index contributed by atoms with van der Waals surface area (Å²) in [5.74, 6) is -1.07. The highest BCUT2D eigenvalue weighted by molar-refractivity contribution is 6.01. The SMILES string of the molecule is C[C@H](c1ccccc1F)N(C)CC(=O)c1c(N)n(C)c(=O)n(C)c1=O. The topological polar surface area (TPSA) is 90.3 Å². The summed E-state index contributed by atoms with van der Waals surface area (Å²) in [6, 6.07) is 5.91. The molecule has 1 aromatic carbocycles. The first-order chi connectivity index (χ1) is 11.7. The van der Waals surface area contributed by atoms with Crippen molar-refractivity contribution in [2.75, 3.05) is 19.3 Å². The third kappa shape index (κ3) is 3.39. The lowest BCUT2D eigenvalue weighted by Crippen LogP contribution is -2.43. The summed E-state index contributed by atoms with van der Waals surface area (Å²) in [7, 11) is 4.32. The Kier molecular flexibility index (Phi) is 5.22. The predicted molar refractivity (Wildman–Crippen MR) is 93.1 cm³/mol. The van der Waals surface area contributed by atoms with Crippen LogP contribution in [-0.2, 0) is 14.1 Å². The standard InChI is InChI=1S/C17H21FN4O3/c1-10(11-7-5-6-8-12(11)18)20(2)9-13(23)14-15(19)21(3)17(25)22(4)16(14)24/h5-8,10H,9,19H2,1-4H3/t10-/m1/s1. The monoisotopic (exact) mass is 348 g/mol. The number of rotatable bonds is 5. The number of ketones is 1. The lowest BCUT2D eigenvalue weighted by atomic mass is 10.1. The Labute approximate surface area is 144 Å². The summed E-state index contributed by atoms with van der Waals surface area (Å²) in [5, 5.41) is 0. The van der Waals surface area contributed by atoms with E-state index in [9.17, 15) is 18.8 Å². The van der Waals surface area contributed by atoms with Crippen LogP contribution in [0.25, 0.3) is 0 Å². The summed E-state index contributed by atoms with van der Waals surface area (Å²) >= 11 is 0. The number of hydrogen-bond acceptors (Lipinski definition) is 5. The second-order valence-electron chi connectivity index (χ2n) is 6.00. The Morgan fingerprint density at radius 3 is 2.44 bits per heavy atom. The molecule has 25 heavy (non-hydrogen) atoms. The number of Topliss-reactive ketones (excluding diaryl/α,β-unsaturated/α-hetero) is 1. The maximum absolute atomic E-state index is 13.9. The largest absolute Gasteiger partial charge is 0.384 e. The molecule has 0 aliphatic heterocycles. The van der Waals surface area contributed by atoms with Crippen LogP contribution in [0.5, 0.6) is 0 Å². The van der Waals surface area contributed by atoms with Gasteiger partial charge in [0, 0.05) is 25.7 Å². The minimum absolute atomic E-state index is 0.146. The second kappa shape index (κ2) is 7.02. The summed E-state index contributed by atoms with van der Waals surface area (Å²) in [6.45, 7) is 1.61. The number of carbonyl (C=O) groups is 1. The molecular formula is C17H21FN4O3. The fourth-order valence-electron chi connectivity index (χ4n) is 2.62. The van der Waals surface area contributed by atoms with E-state index in [2.05, 4.69) is 0 Å². The van der Waals surface area contributed by atoms with Gasteiger partial charge in [0.15, 0.2) is 5.78 Å². The van der Waals surface area contributed by atoms with Crippen molar-refractivity contribution in [1.29, 1.82) is 0 Å². The van der Waals surface area contributed by atoms with Gasteiger partial charge in [-0.15, -0.1) is 0 Å². The van der Waals surface area contributed by atoms with Crippen LogP contribution in [0.4, 0.5) is 10.2 Å². The molecule has 1 aromatic heterocycles. The molecule has 7 nitrogen and oxygen atoms in total. The predicted octanol–water partition coefficient (Wildman–Crippen LogP) is 0.681. The summed E-state index contributed by atoms with van der Waals surface area (Å²) in [6.07, 6.45) is 0. The minimum Gasteiger partial charge on any atom is -0.384 e. The maximum atomic E-state index is 13.9. The van der Waals surface area contributed by atoms with E-state index in [1.807, 2.05) is 0 Å². The fraction of sp³-hybridized carbons (Fsp3) is 0.353. The Hall–Kier alpha value is -2.74. The number of carbonyl (C=O) groups excluding carboxylic acids is 1. The molecule has 0 unspecified atom stereocenters. The third-order valence-corrected chi connectivity index (χ3v) is 4.40. The van der Waals surface area contributed by atoms with Crippen LogP contribution in [0.15, 0.2) is 33.9 Å². The Morgan fingerprint density at radius 2 is 1.84 bits per heavy atom. The minimum atomic E-state index is -0.738. The fourth-order valence-corrected chi connectivity index (χ4v) is 2.62. The highest BCUT2D eigenvalue weighted by atomic mass is 19.1. The Bertz CT molecular complexity index is 932. The van der Waals surface area contributed by atoms with Crippen LogP contribution < -0.4 is 17.0 Å². The molecule has 0 spiro atoms. The van der Waals surface area contributed by atoms with E-state index in [1.165, 1.54) is 20.2 Å². The van der Waals surface area contributed by atoms with Gasteiger partial charge >= 0.3 is 5.69 Å². The van der Waals surface area contributed by atoms with Gasteiger partial charge in [0.25, 0.3) is 5.56 Å². The zero-order chi connectivity index (χ0) is 18.9. The van der Waals surface area contributed by atoms with E-state index < -0.39 is 17.0 Å². The molecule has 0 bridgehead atoms.